The topological polar surface area (TPSA) is 61.8 Å². The van der Waals surface area contributed by atoms with Crippen LogP contribution >= 0.6 is 0 Å². The summed E-state index contributed by atoms with van der Waals surface area (Å²) in [5.74, 6) is 6.73. The molecule has 1 atom stereocenters. The van der Waals surface area contributed by atoms with Crippen LogP contribution < -0.4 is 9.47 Å². The van der Waals surface area contributed by atoms with Gasteiger partial charge in [0.05, 0.1) is 24.7 Å². The van der Waals surface area contributed by atoms with Crippen molar-refractivity contribution in [3.05, 3.63) is 89.5 Å². The molecular formula is C23H18O5S. The maximum atomic E-state index is 12.2. The Kier molecular flexibility index (Phi) is 6.80. The van der Waals surface area contributed by atoms with Crippen LogP contribution in [0, 0.1) is 11.8 Å². The van der Waals surface area contributed by atoms with Crippen LogP contribution in [-0.2, 0) is 15.3 Å². The summed E-state index contributed by atoms with van der Waals surface area (Å²) >= 11 is -1.46. The van der Waals surface area contributed by atoms with Gasteiger partial charge in [0, 0.05) is 11.1 Å². The Balaban J connectivity index is 1.63. The third kappa shape index (κ3) is 5.55. The first kappa shape index (κ1) is 20.3. The van der Waals surface area contributed by atoms with Crippen molar-refractivity contribution in [3.8, 4) is 23.3 Å². The number of benzene rings is 3. The van der Waals surface area contributed by atoms with E-state index in [1.807, 2.05) is 0 Å². The Morgan fingerprint density at radius 3 is 1.79 bits per heavy atom. The lowest BCUT2D eigenvalue weighted by atomic mass is 10.2. The molecule has 0 spiro atoms. The van der Waals surface area contributed by atoms with E-state index in [-0.39, 0.29) is 0 Å². The predicted octanol–water partition coefficient (Wildman–Crippen LogP) is 3.98. The normalized spacial score (nSPS) is 11.1. The maximum absolute atomic E-state index is 12.2. The molecule has 0 aliphatic carbocycles. The minimum absolute atomic E-state index is 0.433. The zero-order valence-electron chi connectivity index (χ0n) is 15.9. The lowest BCUT2D eigenvalue weighted by Gasteiger charge is -2.05. The van der Waals surface area contributed by atoms with Crippen LogP contribution in [0.4, 0.5) is 0 Å². The fourth-order valence-corrected chi connectivity index (χ4v) is 2.94. The smallest absolute Gasteiger partial charge is 0.343 e. The highest BCUT2D eigenvalue weighted by atomic mass is 32.2. The Bertz CT molecular complexity index is 1060. The minimum atomic E-state index is -1.46. The Hall–Kier alpha value is -3.40. The van der Waals surface area contributed by atoms with Crippen LogP contribution in [0.2, 0.25) is 0 Å². The van der Waals surface area contributed by atoms with E-state index >= 15 is 0 Å². The average molecular weight is 406 g/mol. The predicted molar refractivity (Wildman–Crippen MR) is 110 cm³/mol. The maximum Gasteiger partial charge on any atom is 0.343 e. The minimum Gasteiger partial charge on any atom is -0.497 e. The molecule has 5 nitrogen and oxygen atoms in total. The molecule has 146 valence electrons. The van der Waals surface area contributed by atoms with Crippen molar-refractivity contribution < 1.29 is 22.7 Å². The highest BCUT2D eigenvalue weighted by Gasteiger charge is 2.08. The quantitative estimate of drug-likeness (QED) is 0.364. The fraction of sp³-hybridized carbons (Fsp3) is 0.0870. The molecule has 0 N–H and O–H groups in total. The second-order valence-corrected chi connectivity index (χ2v) is 7.09. The summed E-state index contributed by atoms with van der Waals surface area (Å²) < 4.78 is 26.8. The first-order valence-electron chi connectivity index (χ1n) is 8.63. The number of hydrogen-bond acceptors (Lipinski definition) is 5. The molecule has 6 heteroatoms. The number of esters is 1. The second kappa shape index (κ2) is 9.69. The SMILES string of the molecule is COc1ccc(C(=O)Oc2ccc(C#Cc3ccc(S(=O)OC)cc3)cc2)cc1. The van der Waals surface area contributed by atoms with Gasteiger partial charge in [0.2, 0.25) is 0 Å². The van der Waals surface area contributed by atoms with Crippen LogP contribution in [-0.4, -0.2) is 24.4 Å². The van der Waals surface area contributed by atoms with Crippen molar-refractivity contribution in [1.29, 1.82) is 0 Å². The van der Waals surface area contributed by atoms with E-state index in [2.05, 4.69) is 11.8 Å². The first-order chi connectivity index (χ1) is 14.1. The van der Waals surface area contributed by atoms with Gasteiger partial charge in [0.15, 0.2) is 11.1 Å². The third-order valence-electron chi connectivity index (χ3n) is 3.94. The van der Waals surface area contributed by atoms with E-state index in [4.69, 9.17) is 13.7 Å². The lowest BCUT2D eigenvalue weighted by Crippen LogP contribution is -2.08. The highest BCUT2D eigenvalue weighted by Crippen LogP contribution is 2.16. The molecule has 29 heavy (non-hydrogen) atoms. The molecule has 0 radical (unpaired) electrons. The van der Waals surface area contributed by atoms with E-state index in [9.17, 15) is 9.00 Å². The monoisotopic (exact) mass is 406 g/mol. The molecule has 0 saturated heterocycles. The number of ether oxygens (including phenoxy) is 2. The van der Waals surface area contributed by atoms with E-state index < -0.39 is 17.0 Å². The van der Waals surface area contributed by atoms with E-state index in [0.717, 1.165) is 11.1 Å². The van der Waals surface area contributed by atoms with Gasteiger partial charge in [-0.15, -0.1) is 0 Å². The molecule has 0 fully saturated rings. The molecule has 0 amide bonds. The summed E-state index contributed by atoms with van der Waals surface area (Å²) in [7, 11) is 2.96. The molecule has 3 aromatic carbocycles. The fourth-order valence-electron chi connectivity index (χ4n) is 2.39. The van der Waals surface area contributed by atoms with Gasteiger partial charge in [0.25, 0.3) is 0 Å². The third-order valence-corrected chi connectivity index (χ3v) is 4.90. The van der Waals surface area contributed by atoms with E-state index in [1.54, 1.807) is 79.9 Å². The van der Waals surface area contributed by atoms with Gasteiger partial charge >= 0.3 is 5.97 Å². The summed E-state index contributed by atoms with van der Waals surface area (Å²) in [6.45, 7) is 0. The van der Waals surface area contributed by atoms with Crippen molar-refractivity contribution in [1.82, 2.24) is 0 Å². The highest BCUT2D eigenvalue weighted by molar-refractivity contribution is 7.80. The number of carbonyl (C=O) groups is 1. The number of methoxy groups -OCH3 is 1. The molecule has 3 aromatic rings. The molecule has 3 rings (SSSR count). The van der Waals surface area contributed by atoms with E-state index in [1.165, 1.54) is 7.11 Å². The van der Waals surface area contributed by atoms with Crippen molar-refractivity contribution in [3.63, 3.8) is 0 Å². The Labute approximate surface area is 171 Å². The Morgan fingerprint density at radius 1 is 0.759 bits per heavy atom. The molecule has 0 heterocycles. The van der Waals surface area contributed by atoms with Gasteiger partial charge in [-0.3, -0.25) is 4.18 Å². The van der Waals surface area contributed by atoms with Crippen molar-refractivity contribution >= 4 is 17.0 Å². The molecule has 1 unspecified atom stereocenters. The largest absolute Gasteiger partial charge is 0.497 e. The standard InChI is InChI=1S/C23H18O5S/c1-26-20-13-9-19(10-14-20)23(24)28-21-11-5-17(6-12-21)3-4-18-7-15-22(16-8-18)29(25)27-2/h5-16H,1-2H3. The molecular weight excluding hydrogens is 388 g/mol. The van der Waals surface area contributed by atoms with Crippen molar-refractivity contribution in [2.45, 2.75) is 4.90 Å². The van der Waals surface area contributed by atoms with Crippen molar-refractivity contribution in [2.75, 3.05) is 14.2 Å². The molecule has 0 aliphatic heterocycles. The molecule has 0 aromatic heterocycles. The Morgan fingerprint density at radius 2 is 1.28 bits per heavy atom. The van der Waals surface area contributed by atoms with Crippen LogP contribution in [0.5, 0.6) is 11.5 Å². The van der Waals surface area contributed by atoms with Crippen LogP contribution in [0.15, 0.2) is 77.7 Å². The van der Waals surface area contributed by atoms with Gasteiger partial charge in [-0.2, -0.15) is 0 Å². The van der Waals surface area contributed by atoms with Gasteiger partial charge in [-0.05, 0) is 72.8 Å². The van der Waals surface area contributed by atoms with Crippen molar-refractivity contribution in [2.24, 2.45) is 0 Å². The molecule has 0 saturated carbocycles. The number of rotatable bonds is 5. The summed E-state index contributed by atoms with van der Waals surface area (Å²) in [6.07, 6.45) is 0. The van der Waals surface area contributed by atoms with Crippen LogP contribution in [0.3, 0.4) is 0 Å². The second-order valence-electron chi connectivity index (χ2n) is 5.82. The summed E-state index contributed by atoms with van der Waals surface area (Å²) in [5, 5.41) is 0. The first-order valence-corrected chi connectivity index (χ1v) is 9.71. The number of hydrogen-bond donors (Lipinski definition) is 0. The van der Waals surface area contributed by atoms with Gasteiger partial charge in [0.1, 0.15) is 11.5 Å². The van der Waals surface area contributed by atoms with Gasteiger partial charge in [-0.25, -0.2) is 9.00 Å². The van der Waals surface area contributed by atoms with E-state index in [0.29, 0.717) is 22.0 Å². The van der Waals surface area contributed by atoms with Gasteiger partial charge < -0.3 is 9.47 Å². The molecule has 0 bridgehead atoms. The average Bonchev–Trinajstić information content (AvgIpc) is 2.78. The number of carbonyl (C=O) groups excluding carboxylic acids is 1. The zero-order valence-corrected chi connectivity index (χ0v) is 16.7. The van der Waals surface area contributed by atoms with Crippen LogP contribution in [0.1, 0.15) is 21.5 Å². The summed E-state index contributed by atoms with van der Waals surface area (Å²) in [6, 6.07) is 20.6. The zero-order chi connectivity index (χ0) is 20.6. The summed E-state index contributed by atoms with van der Waals surface area (Å²) in [5.41, 5.74) is 2.00. The molecule has 0 aliphatic rings. The van der Waals surface area contributed by atoms with Crippen LogP contribution in [0.25, 0.3) is 0 Å². The lowest BCUT2D eigenvalue weighted by molar-refractivity contribution is 0.0734. The van der Waals surface area contributed by atoms with Gasteiger partial charge in [-0.1, -0.05) is 11.8 Å². The summed E-state index contributed by atoms with van der Waals surface area (Å²) in [4.78, 5) is 12.8.